The normalized spacial score (nSPS) is 16.4. The van der Waals surface area contributed by atoms with E-state index in [2.05, 4.69) is 15.5 Å². The van der Waals surface area contributed by atoms with E-state index in [1.807, 2.05) is 0 Å². The minimum absolute atomic E-state index is 0.0274. The molecule has 0 bridgehead atoms. The van der Waals surface area contributed by atoms with Gasteiger partial charge in [0, 0.05) is 12.5 Å². The SMILES string of the molecule is CC(C)CN(CC(F)(F)F)C(=O)Nc1nnc(C2CCCCC2)s1. The lowest BCUT2D eigenvalue weighted by Crippen LogP contribution is -2.43. The van der Waals surface area contributed by atoms with Crippen LogP contribution in [-0.4, -0.2) is 40.4 Å². The van der Waals surface area contributed by atoms with Gasteiger partial charge in [0.05, 0.1) is 0 Å². The number of hydrogen-bond acceptors (Lipinski definition) is 4. The lowest BCUT2D eigenvalue weighted by Gasteiger charge is -2.25. The number of carbonyl (C=O) groups is 1. The fourth-order valence-electron chi connectivity index (χ4n) is 2.85. The molecule has 1 N–H and O–H groups in total. The molecule has 1 aromatic rings. The van der Waals surface area contributed by atoms with Crippen LogP contribution in [-0.2, 0) is 0 Å². The molecule has 1 saturated carbocycles. The van der Waals surface area contributed by atoms with Crippen molar-refractivity contribution in [2.75, 3.05) is 18.4 Å². The molecule has 1 aliphatic rings. The zero-order chi connectivity index (χ0) is 17.7. The van der Waals surface area contributed by atoms with E-state index in [4.69, 9.17) is 0 Å². The summed E-state index contributed by atoms with van der Waals surface area (Å²) < 4.78 is 38.0. The third-order valence-electron chi connectivity index (χ3n) is 3.85. The van der Waals surface area contributed by atoms with Crippen LogP contribution in [0.4, 0.5) is 23.1 Å². The van der Waals surface area contributed by atoms with Crippen molar-refractivity contribution in [3.05, 3.63) is 5.01 Å². The highest BCUT2D eigenvalue weighted by Crippen LogP contribution is 2.35. The van der Waals surface area contributed by atoms with E-state index in [-0.39, 0.29) is 17.6 Å². The van der Waals surface area contributed by atoms with Gasteiger partial charge in [0.25, 0.3) is 0 Å². The van der Waals surface area contributed by atoms with Gasteiger partial charge in [-0.15, -0.1) is 10.2 Å². The molecule has 0 saturated heterocycles. The van der Waals surface area contributed by atoms with Crippen LogP contribution in [0.3, 0.4) is 0 Å². The number of nitrogens with zero attached hydrogens (tertiary/aromatic N) is 3. The van der Waals surface area contributed by atoms with Gasteiger partial charge in [-0.2, -0.15) is 13.2 Å². The fraction of sp³-hybridized carbons (Fsp3) is 0.800. The van der Waals surface area contributed by atoms with Gasteiger partial charge in [-0.1, -0.05) is 44.4 Å². The van der Waals surface area contributed by atoms with Gasteiger partial charge in [-0.05, 0) is 18.8 Å². The number of carbonyl (C=O) groups excluding carboxylic acids is 1. The molecule has 24 heavy (non-hydrogen) atoms. The lowest BCUT2D eigenvalue weighted by molar-refractivity contribution is -0.140. The van der Waals surface area contributed by atoms with E-state index in [0.29, 0.717) is 5.92 Å². The molecule has 0 unspecified atom stereocenters. The van der Waals surface area contributed by atoms with E-state index in [1.165, 1.54) is 17.8 Å². The number of amides is 2. The Kier molecular flexibility index (Phi) is 6.42. The summed E-state index contributed by atoms with van der Waals surface area (Å²) in [6.07, 6.45) is 1.20. The Morgan fingerprint density at radius 1 is 1.29 bits per heavy atom. The zero-order valence-electron chi connectivity index (χ0n) is 13.9. The quantitative estimate of drug-likeness (QED) is 0.828. The van der Waals surface area contributed by atoms with Gasteiger partial charge in [0.2, 0.25) is 5.13 Å². The summed E-state index contributed by atoms with van der Waals surface area (Å²) in [6.45, 7) is 2.29. The highest BCUT2D eigenvalue weighted by Gasteiger charge is 2.33. The molecule has 0 radical (unpaired) electrons. The first-order valence-corrected chi connectivity index (χ1v) is 9.02. The van der Waals surface area contributed by atoms with Crippen LogP contribution in [0, 0.1) is 5.92 Å². The summed E-state index contributed by atoms with van der Waals surface area (Å²) in [5.74, 6) is 0.286. The molecule has 1 fully saturated rings. The van der Waals surface area contributed by atoms with Crippen molar-refractivity contribution in [3.63, 3.8) is 0 Å². The maximum absolute atomic E-state index is 12.7. The molecular formula is C15H23F3N4OS. The number of aromatic nitrogens is 2. The molecule has 9 heteroatoms. The largest absolute Gasteiger partial charge is 0.406 e. The van der Waals surface area contributed by atoms with Gasteiger partial charge >= 0.3 is 12.2 Å². The number of rotatable bonds is 5. The number of alkyl halides is 3. The first-order valence-electron chi connectivity index (χ1n) is 8.20. The molecule has 0 aromatic carbocycles. The van der Waals surface area contributed by atoms with Crippen LogP contribution >= 0.6 is 11.3 Å². The van der Waals surface area contributed by atoms with Crippen LogP contribution < -0.4 is 5.32 Å². The molecule has 1 aromatic heterocycles. The third-order valence-corrected chi connectivity index (χ3v) is 4.85. The van der Waals surface area contributed by atoms with Crippen LogP contribution in [0.2, 0.25) is 0 Å². The minimum Gasteiger partial charge on any atom is -0.315 e. The van der Waals surface area contributed by atoms with Gasteiger partial charge < -0.3 is 4.90 Å². The second kappa shape index (κ2) is 8.13. The van der Waals surface area contributed by atoms with Gasteiger partial charge in [-0.25, -0.2) is 4.79 Å². The van der Waals surface area contributed by atoms with Crippen molar-refractivity contribution in [1.29, 1.82) is 0 Å². The van der Waals surface area contributed by atoms with Gasteiger partial charge in [0.15, 0.2) is 0 Å². The number of hydrogen-bond donors (Lipinski definition) is 1. The Morgan fingerprint density at radius 2 is 1.96 bits per heavy atom. The molecule has 2 amide bonds. The van der Waals surface area contributed by atoms with Crippen molar-refractivity contribution < 1.29 is 18.0 Å². The molecule has 1 aliphatic carbocycles. The zero-order valence-corrected chi connectivity index (χ0v) is 14.7. The number of urea groups is 1. The molecule has 0 spiro atoms. The van der Waals surface area contributed by atoms with Crippen molar-refractivity contribution in [2.24, 2.45) is 5.92 Å². The van der Waals surface area contributed by atoms with Crippen LogP contribution in [0.1, 0.15) is 56.9 Å². The van der Waals surface area contributed by atoms with E-state index in [9.17, 15) is 18.0 Å². The Hall–Kier alpha value is -1.38. The Morgan fingerprint density at radius 3 is 2.54 bits per heavy atom. The molecule has 0 aliphatic heterocycles. The molecular weight excluding hydrogens is 341 g/mol. The minimum atomic E-state index is -4.43. The van der Waals surface area contributed by atoms with E-state index < -0.39 is 18.8 Å². The summed E-state index contributed by atoms with van der Waals surface area (Å²) in [6, 6.07) is -0.785. The Labute approximate surface area is 143 Å². The molecule has 136 valence electrons. The summed E-state index contributed by atoms with van der Waals surface area (Å²) in [5, 5.41) is 11.6. The van der Waals surface area contributed by atoms with Crippen LogP contribution in [0.15, 0.2) is 0 Å². The van der Waals surface area contributed by atoms with Crippen molar-refractivity contribution in [1.82, 2.24) is 15.1 Å². The van der Waals surface area contributed by atoms with Gasteiger partial charge in [0.1, 0.15) is 11.6 Å². The molecule has 2 rings (SSSR count). The van der Waals surface area contributed by atoms with Crippen LogP contribution in [0.5, 0.6) is 0 Å². The van der Waals surface area contributed by atoms with E-state index >= 15 is 0 Å². The second-order valence-electron chi connectivity index (χ2n) is 6.60. The van der Waals surface area contributed by atoms with Crippen molar-refractivity contribution in [3.8, 4) is 0 Å². The number of anilines is 1. The summed E-state index contributed by atoms with van der Waals surface area (Å²) in [7, 11) is 0. The Bertz CT molecular complexity index is 541. The maximum Gasteiger partial charge on any atom is 0.406 e. The Balaban J connectivity index is 1.99. The fourth-order valence-corrected chi connectivity index (χ4v) is 3.75. The topological polar surface area (TPSA) is 58.1 Å². The standard InChI is InChI=1S/C15H23F3N4OS/c1-10(2)8-22(9-15(16,17)18)14(23)19-13-21-20-12(24-13)11-6-4-3-5-7-11/h10-11H,3-9H2,1-2H3,(H,19,21,23). The highest BCUT2D eigenvalue weighted by atomic mass is 32.1. The molecule has 0 atom stereocenters. The second-order valence-corrected chi connectivity index (χ2v) is 7.61. The average Bonchev–Trinajstić information content (AvgIpc) is 2.94. The summed E-state index contributed by atoms with van der Waals surface area (Å²) in [4.78, 5) is 12.9. The van der Waals surface area contributed by atoms with Crippen molar-refractivity contribution in [2.45, 2.75) is 58.0 Å². The van der Waals surface area contributed by atoms with Gasteiger partial charge in [-0.3, -0.25) is 5.32 Å². The molecule has 1 heterocycles. The maximum atomic E-state index is 12.7. The van der Waals surface area contributed by atoms with E-state index in [0.717, 1.165) is 35.6 Å². The smallest absolute Gasteiger partial charge is 0.315 e. The first kappa shape index (κ1) is 19.0. The predicted molar refractivity (Wildman–Crippen MR) is 87.2 cm³/mol. The average molecular weight is 364 g/mol. The first-order chi connectivity index (χ1) is 11.2. The number of halogens is 3. The monoisotopic (exact) mass is 364 g/mol. The van der Waals surface area contributed by atoms with E-state index in [1.54, 1.807) is 13.8 Å². The molecule has 5 nitrogen and oxygen atoms in total. The highest BCUT2D eigenvalue weighted by molar-refractivity contribution is 7.15. The lowest BCUT2D eigenvalue weighted by atomic mass is 9.90. The predicted octanol–water partition coefficient (Wildman–Crippen LogP) is 4.64. The third kappa shape index (κ3) is 5.92. The van der Waals surface area contributed by atoms with Crippen LogP contribution in [0.25, 0.3) is 0 Å². The number of nitrogens with one attached hydrogen (secondary N) is 1. The summed E-state index contributed by atoms with van der Waals surface area (Å²) in [5.41, 5.74) is 0. The summed E-state index contributed by atoms with van der Waals surface area (Å²) >= 11 is 1.26. The van der Waals surface area contributed by atoms with Crippen molar-refractivity contribution >= 4 is 22.5 Å².